The molecule has 2 unspecified atom stereocenters. The summed E-state index contributed by atoms with van der Waals surface area (Å²) in [4.78, 5) is 24.5. The van der Waals surface area contributed by atoms with E-state index in [2.05, 4.69) is 20.3 Å². The number of amides is 1. The van der Waals surface area contributed by atoms with Crippen LogP contribution >= 0.6 is 0 Å². The van der Waals surface area contributed by atoms with E-state index in [-0.39, 0.29) is 18.2 Å². The van der Waals surface area contributed by atoms with Crippen molar-refractivity contribution in [2.24, 2.45) is 9.98 Å². The topological polar surface area (TPSA) is 75.9 Å². The first-order chi connectivity index (χ1) is 9.83. The Morgan fingerprint density at radius 1 is 1.50 bits per heavy atom. The molecule has 0 spiro atoms. The summed E-state index contributed by atoms with van der Waals surface area (Å²) in [6, 6.07) is 3.72. The maximum Gasteiger partial charge on any atom is 0.271 e. The first-order valence-corrected chi connectivity index (χ1v) is 6.73. The predicted octanol–water partition coefficient (Wildman–Crippen LogP) is 0.901. The number of carbonyl (C=O) groups is 1. The molecule has 0 bridgehead atoms. The maximum absolute atomic E-state index is 12.0. The van der Waals surface area contributed by atoms with E-state index in [1.54, 1.807) is 12.4 Å². The predicted molar refractivity (Wildman–Crippen MR) is 74.9 cm³/mol. The van der Waals surface area contributed by atoms with Crippen molar-refractivity contribution in [2.75, 3.05) is 13.2 Å². The largest absolute Gasteiger partial charge is 0.376 e. The number of hydrogen-bond acceptors (Lipinski definition) is 5. The number of pyridine rings is 1. The van der Waals surface area contributed by atoms with Gasteiger partial charge in [0.15, 0.2) is 6.17 Å². The lowest BCUT2D eigenvalue weighted by Crippen LogP contribution is -2.36. The lowest BCUT2D eigenvalue weighted by atomic mass is 10.2. The van der Waals surface area contributed by atoms with Gasteiger partial charge < -0.3 is 10.1 Å². The van der Waals surface area contributed by atoms with Crippen molar-refractivity contribution in [1.82, 2.24) is 10.3 Å². The Hall–Kier alpha value is -2.08. The second kappa shape index (κ2) is 5.92. The Morgan fingerprint density at radius 2 is 2.45 bits per heavy atom. The van der Waals surface area contributed by atoms with Crippen molar-refractivity contribution in [3.63, 3.8) is 0 Å². The van der Waals surface area contributed by atoms with Crippen LogP contribution in [-0.2, 0) is 9.53 Å². The average Bonchev–Trinajstić information content (AvgIpc) is 3.17. The number of rotatable bonds is 4. The van der Waals surface area contributed by atoms with Gasteiger partial charge in [-0.2, -0.15) is 0 Å². The minimum absolute atomic E-state index is 0.131. The van der Waals surface area contributed by atoms with Crippen LogP contribution in [0.4, 0.5) is 0 Å². The molecule has 3 rings (SSSR count). The summed E-state index contributed by atoms with van der Waals surface area (Å²) in [5.74, 6) is -0.198. The van der Waals surface area contributed by atoms with Gasteiger partial charge in [-0.05, 0) is 18.9 Å². The van der Waals surface area contributed by atoms with Crippen LogP contribution in [-0.4, -0.2) is 42.1 Å². The van der Waals surface area contributed by atoms with E-state index in [1.807, 2.05) is 12.1 Å². The molecule has 6 heteroatoms. The van der Waals surface area contributed by atoms with Crippen LogP contribution in [0.2, 0.25) is 0 Å². The Morgan fingerprint density at radius 3 is 3.20 bits per heavy atom. The highest BCUT2D eigenvalue weighted by atomic mass is 16.5. The molecule has 2 aliphatic rings. The highest BCUT2D eigenvalue weighted by Gasteiger charge is 2.21. The fourth-order valence-electron chi connectivity index (χ4n) is 2.25. The molecular weight excluding hydrogens is 256 g/mol. The van der Waals surface area contributed by atoms with Gasteiger partial charge in [0.1, 0.15) is 5.71 Å². The van der Waals surface area contributed by atoms with Crippen molar-refractivity contribution in [3.05, 3.63) is 30.1 Å². The molecule has 0 aliphatic carbocycles. The lowest BCUT2D eigenvalue weighted by molar-refractivity contribution is -0.115. The third-order valence-corrected chi connectivity index (χ3v) is 3.33. The summed E-state index contributed by atoms with van der Waals surface area (Å²) in [7, 11) is 0. The van der Waals surface area contributed by atoms with Crippen molar-refractivity contribution in [2.45, 2.75) is 25.1 Å². The van der Waals surface area contributed by atoms with E-state index < -0.39 is 0 Å². The van der Waals surface area contributed by atoms with Gasteiger partial charge in [0.25, 0.3) is 5.91 Å². The normalized spacial score (nSPS) is 24.7. The third kappa shape index (κ3) is 2.91. The van der Waals surface area contributed by atoms with Gasteiger partial charge in [0.2, 0.25) is 0 Å². The number of aromatic nitrogens is 1. The molecule has 1 fully saturated rings. The van der Waals surface area contributed by atoms with E-state index in [4.69, 9.17) is 4.74 Å². The van der Waals surface area contributed by atoms with E-state index in [0.717, 1.165) is 25.0 Å². The molecule has 2 atom stereocenters. The van der Waals surface area contributed by atoms with Gasteiger partial charge in [-0.3, -0.25) is 14.8 Å². The second-order valence-corrected chi connectivity index (χ2v) is 4.80. The number of hydrogen-bond donors (Lipinski definition) is 1. The summed E-state index contributed by atoms with van der Waals surface area (Å²) in [6.07, 6.45) is 6.76. The van der Waals surface area contributed by atoms with Gasteiger partial charge >= 0.3 is 0 Å². The first kappa shape index (κ1) is 12.9. The Bertz CT molecular complexity index is 535. The molecule has 0 saturated carbocycles. The number of ether oxygens (including phenoxy) is 1. The molecule has 1 aromatic heterocycles. The van der Waals surface area contributed by atoms with Crippen LogP contribution in [0, 0.1) is 0 Å². The fourth-order valence-corrected chi connectivity index (χ4v) is 2.25. The summed E-state index contributed by atoms with van der Waals surface area (Å²) in [5.41, 5.74) is 1.24. The minimum Gasteiger partial charge on any atom is -0.376 e. The standard InChI is InChI=1S/C14H16N4O2/c19-14(17-8-11-4-2-6-20-11)12-9-16-13(18-12)10-3-1-5-15-7-10/h1,3,5,7,9,11,13H,2,4,6,8H2,(H,17,19). The van der Waals surface area contributed by atoms with Gasteiger partial charge in [-0.15, -0.1) is 0 Å². The zero-order chi connectivity index (χ0) is 13.8. The molecule has 6 nitrogen and oxygen atoms in total. The minimum atomic E-state index is -0.354. The lowest BCUT2D eigenvalue weighted by Gasteiger charge is -2.09. The monoisotopic (exact) mass is 272 g/mol. The molecule has 104 valence electrons. The number of nitrogens with one attached hydrogen (secondary N) is 1. The van der Waals surface area contributed by atoms with Crippen LogP contribution in [0.25, 0.3) is 0 Å². The summed E-state index contributed by atoms with van der Waals surface area (Å²) in [6.45, 7) is 1.31. The Labute approximate surface area is 117 Å². The first-order valence-electron chi connectivity index (χ1n) is 6.73. The number of aliphatic imine (C=N–C) groups is 2. The van der Waals surface area contributed by atoms with Crippen molar-refractivity contribution in [1.29, 1.82) is 0 Å². The van der Waals surface area contributed by atoms with E-state index in [0.29, 0.717) is 12.3 Å². The van der Waals surface area contributed by atoms with Crippen molar-refractivity contribution in [3.8, 4) is 0 Å². The second-order valence-electron chi connectivity index (χ2n) is 4.80. The fraction of sp³-hybridized carbons (Fsp3) is 0.429. The van der Waals surface area contributed by atoms with Gasteiger partial charge in [-0.25, -0.2) is 4.99 Å². The third-order valence-electron chi connectivity index (χ3n) is 3.33. The summed E-state index contributed by atoms with van der Waals surface area (Å²) >= 11 is 0. The molecule has 20 heavy (non-hydrogen) atoms. The summed E-state index contributed by atoms with van der Waals surface area (Å²) in [5, 5.41) is 2.84. The highest BCUT2D eigenvalue weighted by Crippen LogP contribution is 2.20. The van der Waals surface area contributed by atoms with Crippen LogP contribution in [0.5, 0.6) is 0 Å². The number of nitrogens with zero attached hydrogens (tertiary/aromatic N) is 3. The molecule has 0 radical (unpaired) electrons. The molecule has 3 heterocycles. The Kier molecular flexibility index (Phi) is 3.83. The molecule has 1 saturated heterocycles. The van der Waals surface area contributed by atoms with Gasteiger partial charge in [0.05, 0.1) is 12.3 Å². The van der Waals surface area contributed by atoms with Crippen molar-refractivity contribution >= 4 is 17.8 Å². The molecule has 2 aliphatic heterocycles. The van der Waals surface area contributed by atoms with Crippen molar-refractivity contribution < 1.29 is 9.53 Å². The zero-order valence-electron chi connectivity index (χ0n) is 11.0. The molecular formula is C14H16N4O2. The molecule has 1 aromatic rings. The van der Waals surface area contributed by atoms with Crippen LogP contribution < -0.4 is 5.32 Å². The highest BCUT2D eigenvalue weighted by molar-refractivity contribution is 6.61. The average molecular weight is 272 g/mol. The van der Waals surface area contributed by atoms with E-state index >= 15 is 0 Å². The van der Waals surface area contributed by atoms with Gasteiger partial charge in [0, 0.05) is 31.1 Å². The molecule has 1 N–H and O–H groups in total. The van der Waals surface area contributed by atoms with Crippen LogP contribution in [0.3, 0.4) is 0 Å². The quantitative estimate of drug-likeness (QED) is 0.884. The molecule has 1 amide bonds. The number of carbonyl (C=O) groups excluding carboxylic acids is 1. The summed E-state index contributed by atoms with van der Waals surface area (Å²) < 4.78 is 5.46. The van der Waals surface area contributed by atoms with Crippen LogP contribution in [0.15, 0.2) is 34.5 Å². The SMILES string of the molecule is O=C(NCC1CCCO1)C1=NC(c2cccnc2)N=C1. The van der Waals surface area contributed by atoms with E-state index in [9.17, 15) is 4.79 Å². The smallest absolute Gasteiger partial charge is 0.271 e. The zero-order valence-corrected chi connectivity index (χ0v) is 11.0. The Balaban J connectivity index is 1.57. The maximum atomic E-state index is 12.0. The molecule has 0 aromatic carbocycles. The van der Waals surface area contributed by atoms with Gasteiger partial charge in [-0.1, -0.05) is 6.07 Å². The van der Waals surface area contributed by atoms with E-state index in [1.165, 1.54) is 6.21 Å². The van der Waals surface area contributed by atoms with Crippen LogP contribution in [0.1, 0.15) is 24.6 Å².